The third-order valence-corrected chi connectivity index (χ3v) is 11.3. The van der Waals surface area contributed by atoms with Crippen LogP contribution in [-0.2, 0) is 0 Å². The standard InChI is InChI=1S/C52H33N7/c1-5-17-34(18-6-1)49-54-50(35-19-7-2-8-20-35)56-52(55-49)59-45-30-29-38(58-46-28-16-14-26-43(46)53-51(58)36-21-9-3-10-22-36)31-40(45)42-33-47-41(32-48(42)59)39-25-13-15-27-44(39)57(47)37-23-11-4-12-24-37/h1-33H. The molecule has 276 valence electrons. The minimum Gasteiger partial charge on any atom is -0.309 e. The highest BCUT2D eigenvalue weighted by Crippen LogP contribution is 2.41. The molecule has 0 saturated carbocycles. The van der Waals surface area contributed by atoms with E-state index in [2.05, 4.69) is 141 Å². The molecule has 4 heterocycles. The number of fused-ring (bicyclic) bond motifs is 7. The Bertz CT molecular complexity index is 3470. The van der Waals surface area contributed by atoms with Gasteiger partial charge in [0.05, 0.1) is 33.1 Å². The van der Waals surface area contributed by atoms with Crippen LogP contribution in [0.2, 0.25) is 0 Å². The highest BCUT2D eigenvalue weighted by molar-refractivity contribution is 6.19. The zero-order valence-electron chi connectivity index (χ0n) is 31.7. The quantitative estimate of drug-likeness (QED) is 0.169. The van der Waals surface area contributed by atoms with Gasteiger partial charge in [-0.3, -0.25) is 9.13 Å². The lowest BCUT2D eigenvalue weighted by molar-refractivity contribution is 0.953. The molecule has 0 aliphatic rings. The van der Waals surface area contributed by atoms with Crippen molar-refractivity contribution >= 4 is 54.6 Å². The van der Waals surface area contributed by atoms with Gasteiger partial charge in [0.1, 0.15) is 5.82 Å². The average molecular weight is 756 g/mol. The summed E-state index contributed by atoms with van der Waals surface area (Å²) in [6.45, 7) is 0. The molecular weight excluding hydrogens is 723 g/mol. The lowest BCUT2D eigenvalue weighted by Gasteiger charge is -2.12. The highest BCUT2D eigenvalue weighted by Gasteiger charge is 2.23. The summed E-state index contributed by atoms with van der Waals surface area (Å²) >= 11 is 0. The fourth-order valence-corrected chi connectivity index (χ4v) is 8.64. The van der Waals surface area contributed by atoms with Crippen molar-refractivity contribution in [2.24, 2.45) is 0 Å². The second-order valence-electron chi connectivity index (χ2n) is 14.8. The van der Waals surface area contributed by atoms with Crippen LogP contribution in [0.15, 0.2) is 200 Å². The smallest absolute Gasteiger partial charge is 0.238 e. The molecule has 0 N–H and O–H groups in total. The Balaban J connectivity index is 1.21. The van der Waals surface area contributed by atoms with E-state index in [0.29, 0.717) is 17.6 Å². The third kappa shape index (κ3) is 5.29. The van der Waals surface area contributed by atoms with Crippen LogP contribution in [0.3, 0.4) is 0 Å². The number of para-hydroxylation sites is 4. The van der Waals surface area contributed by atoms with E-state index in [-0.39, 0.29) is 0 Å². The molecule has 12 aromatic rings. The number of imidazole rings is 1. The third-order valence-electron chi connectivity index (χ3n) is 11.3. The van der Waals surface area contributed by atoms with Crippen molar-refractivity contribution in [3.05, 3.63) is 200 Å². The van der Waals surface area contributed by atoms with Crippen LogP contribution in [-0.4, -0.2) is 33.6 Å². The Morgan fingerprint density at radius 2 is 0.797 bits per heavy atom. The van der Waals surface area contributed by atoms with Crippen LogP contribution >= 0.6 is 0 Å². The van der Waals surface area contributed by atoms with Crippen molar-refractivity contribution in [1.29, 1.82) is 0 Å². The van der Waals surface area contributed by atoms with Gasteiger partial charge < -0.3 is 4.57 Å². The van der Waals surface area contributed by atoms with Crippen LogP contribution in [0.5, 0.6) is 0 Å². The van der Waals surface area contributed by atoms with Gasteiger partial charge in [0.25, 0.3) is 0 Å². The predicted molar refractivity (Wildman–Crippen MR) is 239 cm³/mol. The summed E-state index contributed by atoms with van der Waals surface area (Å²) < 4.78 is 6.86. The molecule has 7 nitrogen and oxygen atoms in total. The molecule has 0 aliphatic heterocycles. The van der Waals surface area contributed by atoms with Gasteiger partial charge in [-0.05, 0) is 60.7 Å². The van der Waals surface area contributed by atoms with Gasteiger partial charge in [0, 0.05) is 49.6 Å². The van der Waals surface area contributed by atoms with E-state index in [9.17, 15) is 0 Å². The molecule has 4 aromatic heterocycles. The second-order valence-corrected chi connectivity index (χ2v) is 14.8. The van der Waals surface area contributed by atoms with E-state index < -0.39 is 0 Å². The van der Waals surface area contributed by atoms with Gasteiger partial charge in [0.2, 0.25) is 5.95 Å². The number of nitrogens with zero attached hydrogens (tertiary/aromatic N) is 7. The molecule has 0 aliphatic carbocycles. The number of rotatable bonds is 6. The molecule has 0 radical (unpaired) electrons. The molecule has 0 saturated heterocycles. The topological polar surface area (TPSA) is 66.3 Å². The van der Waals surface area contributed by atoms with E-state index in [1.165, 1.54) is 5.39 Å². The van der Waals surface area contributed by atoms with Crippen molar-refractivity contribution in [1.82, 2.24) is 33.6 Å². The van der Waals surface area contributed by atoms with Gasteiger partial charge in [-0.25, -0.2) is 9.97 Å². The Labute approximate surface area is 338 Å². The average Bonchev–Trinajstić information content (AvgIpc) is 3.97. The number of hydrogen-bond donors (Lipinski definition) is 0. The SMILES string of the molecule is c1ccc(-c2nc(-c3ccccc3)nc(-n3c4ccc(-n5c(-c6ccccc6)nc6ccccc65)cc4c4cc5c(cc43)c3ccccc3n5-c3ccccc3)n2)cc1. The molecule has 59 heavy (non-hydrogen) atoms. The summed E-state index contributed by atoms with van der Waals surface area (Å²) in [5, 5.41) is 4.48. The van der Waals surface area contributed by atoms with Gasteiger partial charge in [-0.2, -0.15) is 9.97 Å². The van der Waals surface area contributed by atoms with Crippen molar-refractivity contribution in [2.75, 3.05) is 0 Å². The zero-order chi connectivity index (χ0) is 38.9. The first-order valence-corrected chi connectivity index (χ1v) is 19.7. The second kappa shape index (κ2) is 13.2. The van der Waals surface area contributed by atoms with Gasteiger partial charge >= 0.3 is 0 Å². The fourth-order valence-electron chi connectivity index (χ4n) is 8.64. The summed E-state index contributed by atoms with van der Waals surface area (Å²) in [5.41, 5.74) is 11.3. The molecule has 8 aromatic carbocycles. The number of hydrogen-bond acceptors (Lipinski definition) is 4. The minimum absolute atomic E-state index is 0.551. The Morgan fingerprint density at radius 1 is 0.288 bits per heavy atom. The fraction of sp³-hybridized carbons (Fsp3) is 0. The zero-order valence-corrected chi connectivity index (χ0v) is 31.7. The van der Waals surface area contributed by atoms with Crippen molar-refractivity contribution < 1.29 is 0 Å². The summed E-state index contributed by atoms with van der Waals surface area (Å²) in [6, 6.07) is 69.7. The maximum absolute atomic E-state index is 5.25. The number of aromatic nitrogens is 7. The Morgan fingerprint density at radius 3 is 1.47 bits per heavy atom. The molecular formula is C52H33N7. The predicted octanol–water partition coefficient (Wildman–Crippen LogP) is 12.4. The minimum atomic E-state index is 0.551. The van der Waals surface area contributed by atoms with Crippen LogP contribution < -0.4 is 0 Å². The van der Waals surface area contributed by atoms with Crippen LogP contribution in [0.4, 0.5) is 0 Å². The Hall–Kier alpha value is -8.16. The number of benzene rings is 8. The van der Waals surface area contributed by atoms with Crippen molar-refractivity contribution in [3.8, 4) is 51.5 Å². The van der Waals surface area contributed by atoms with Crippen molar-refractivity contribution in [3.63, 3.8) is 0 Å². The maximum Gasteiger partial charge on any atom is 0.238 e. The Kier molecular flexibility index (Phi) is 7.40. The first-order valence-electron chi connectivity index (χ1n) is 19.7. The summed E-state index contributed by atoms with van der Waals surface area (Å²) in [6.07, 6.45) is 0. The molecule has 0 amide bonds. The van der Waals surface area contributed by atoms with Gasteiger partial charge in [-0.15, -0.1) is 0 Å². The van der Waals surface area contributed by atoms with E-state index in [4.69, 9.17) is 19.9 Å². The molecule has 0 fully saturated rings. The van der Waals surface area contributed by atoms with Gasteiger partial charge in [-0.1, -0.05) is 140 Å². The molecule has 7 heteroatoms. The molecule has 0 spiro atoms. The summed E-state index contributed by atoms with van der Waals surface area (Å²) in [5.74, 6) is 2.66. The maximum atomic E-state index is 5.25. The monoisotopic (exact) mass is 755 g/mol. The summed E-state index contributed by atoms with van der Waals surface area (Å²) in [4.78, 5) is 20.7. The highest BCUT2D eigenvalue weighted by atomic mass is 15.2. The van der Waals surface area contributed by atoms with E-state index in [0.717, 1.165) is 83.1 Å². The lowest BCUT2D eigenvalue weighted by Crippen LogP contribution is -2.06. The van der Waals surface area contributed by atoms with Crippen molar-refractivity contribution in [2.45, 2.75) is 0 Å². The summed E-state index contributed by atoms with van der Waals surface area (Å²) in [7, 11) is 0. The van der Waals surface area contributed by atoms with E-state index in [1.54, 1.807) is 0 Å². The first kappa shape index (κ1) is 33.0. The molecule has 0 bridgehead atoms. The molecule has 0 unspecified atom stereocenters. The molecule has 0 atom stereocenters. The van der Waals surface area contributed by atoms with Crippen LogP contribution in [0, 0.1) is 0 Å². The largest absolute Gasteiger partial charge is 0.309 e. The van der Waals surface area contributed by atoms with Crippen LogP contribution in [0.1, 0.15) is 0 Å². The lowest BCUT2D eigenvalue weighted by atomic mass is 10.1. The molecule has 12 rings (SSSR count). The van der Waals surface area contributed by atoms with E-state index >= 15 is 0 Å². The van der Waals surface area contributed by atoms with Gasteiger partial charge in [0.15, 0.2) is 11.6 Å². The van der Waals surface area contributed by atoms with E-state index in [1.807, 2.05) is 72.8 Å². The normalized spacial score (nSPS) is 11.7. The van der Waals surface area contributed by atoms with Crippen LogP contribution in [0.25, 0.3) is 106 Å². The first-order chi connectivity index (χ1) is 29.3.